The van der Waals surface area contributed by atoms with E-state index in [1.54, 1.807) is 19.2 Å². The quantitative estimate of drug-likeness (QED) is 0.721. The topological polar surface area (TPSA) is 29.5 Å². The van der Waals surface area contributed by atoms with Gasteiger partial charge in [0.2, 0.25) is 0 Å². The number of phenolic OH excluding ortho intramolecular Hbond substituents is 1. The summed E-state index contributed by atoms with van der Waals surface area (Å²) in [7, 11) is 1.69. The first-order valence-corrected chi connectivity index (χ1v) is 8.44. The van der Waals surface area contributed by atoms with Gasteiger partial charge in [-0.3, -0.25) is 0 Å². The Labute approximate surface area is 141 Å². The molecule has 0 radical (unpaired) electrons. The van der Waals surface area contributed by atoms with Crippen molar-refractivity contribution in [3.63, 3.8) is 0 Å². The maximum Gasteiger partial charge on any atom is 0.118 e. The van der Waals surface area contributed by atoms with E-state index >= 15 is 0 Å². The zero-order valence-electron chi connectivity index (χ0n) is 15.0. The van der Waals surface area contributed by atoms with Gasteiger partial charge in [-0.1, -0.05) is 52.0 Å². The Morgan fingerprint density at radius 2 is 1.17 bits per heavy atom. The van der Waals surface area contributed by atoms with Crippen molar-refractivity contribution in [1.82, 2.24) is 0 Å². The van der Waals surface area contributed by atoms with Crippen molar-refractivity contribution in [2.24, 2.45) is 0 Å². The van der Waals surface area contributed by atoms with Crippen LogP contribution in [0.5, 0.6) is 11.5 Å². The van der Waals surface area contributed by atoms with Gasteiger partial charge in [-0.05, 0) is 60.1 Å². The van der Waals surface area contributed by atoms with E-state index in [1.807, 2.05) is 24.3 Å². The highest BCUT2D eigenvalue weighted by molar-refractivity contribution is 5.29. The van der Waals surface area contributed by atoms with Gasteiger partial charge in [-0.25, -0.2) is 0 Å². The minimum absolute atomic E-state index is 0.344. The first kappa shape index (κ1) is 19.1. The van der Waals surface area contributed by atoms with Crippen LogP contribution in [0.25, 0.3) is 0 Å². The Morgan fingerprint density at radius 3 is 1.52 bits per heavy atom. The summed E-state index contributed by atoms with van der Waals surface area (Å²) in [5.41, 5.74) is 2.68. The normalized spacial score (nSPS) is 12.7. The Balaban J connectivity index is 0.000000231. The van der Waals surface area contributed by atoms with Crippen LogP contribution in [0.2, 0.25) is 0 Å². The molecule has 2 unspecified atom stereocenters. The van der Waals surface area contributed by atoms with Gasteiger partial charge in [0.1, 0.15) is 11.5 Å². The van der Waals surface area contributed by atoms with Crippen LogP contribution in [-0.4, -0.2) is 12.2 Å². The first-order chi connectivity index (χ1) is 11.0. The molecule has 2 nitrogen and oxygen atoms in total. The molecule has 0 saturated heterocycles. The maximum atomic E-state index is 9.01. The SMILES string of the molecule is CCC(C)c1ccc(O)cc1.CCC(C)c1ccc(OC)cc1. The fourth-order valence-corrected chi connectivity index (χ4v) is 2.21. The lowest BCUT2D eigenvalue weighted by Crippen LogP contribution is -1.90. The lowest BCUT2D eigenvalue weighted by molar-refractivity contribution is 0.414. The summed E-state index contributed by atoms with van der Waals surface area (Å²) in [4.78, 5) is 0. The highest BCUT2D eigenvalue weighted by Crippen LogP contribution is 2.21. The number of hydrogen-bond acceptors (Lipinski definition) is 2. The summed E-state index contributed by atoms with van der Waals surface area (Å²) in [5, 5.41) is 9.01. The van der Waals surface area contributed by atoms with Crippen LogP contribution < -0.4 is 4.74 Å². The lowest BCUT2D eigenvalue weighted by atomic mass is 9.99. The monoisotopic (exact) mass is 314 g/mol. The molecule has 0 fully saturated rings. The number of phenols is 1. The molecule has 23 heavy (non-hydrogen) atoms. The summed E-state index contributed by atoms with van der Waals surface area (Å²) < 4.78 is 5.08. The van der Waals surface area contributed by atoms with Crippen molar-refractivity contribution in [2.75, 3.05) is 7.11 Å². The van der Waals surface area contributed by atoms with E-state index in [0.29, 0.717) is 17.6 Å². The fraction of sp³-hybridized carbons (Fsp3) is 0.429. The second-order valence-corrected chi connectivity index (χ2v) is 5.98. The molecule has 2 rings (SSSR count). The maximum absolute atomic E-state index is 9.01. The Bertz CT molecular complexity index is 543. The number of aromatic hydroxyl groups is 1. The van der Waals surface area contributed by atoms with Gasteiger partial charge in [-0.2, -0.15) is 0 Å². The molecule has 2 heteroatoms. The van der Waals surface area contributed by atoms with E-state index in [-0.39, 0.29) is 0 Å². The molecule has 0 bridgehead atoms. The molecular weight excluding hydrogens is 284 g/mol. The van der Waals surface area contributed by atoms with Crippen molar-refractivity contribution in [3.8, 4) is 11.5 Å². The third kappa shape index (κ3) is 6.35. The van der Waals surface area contributed by atoms with Gasteiger partial charge in [0.15, 0.2) is 0 Å². The summed E-state index contributed by atoms with van der Waals surface area (Å²) in [6.07, 6.45) is 2.33. The zero-order valence-corrected chi connectivity index (χ0v) is 15.0. The summed E-state index contributed by atoms with van der Waals surface area (Å²) in [5.74, 6) is 2.52. The predicted octanol–water partition coefficient (Wildman–Crippen LogP) is 6.11. The zero-order chi connectivity index (χ0) is 17.2. The van der Waals surface area contributed by atoms with Gasteiger partial charge in [0.25, 0.3) is 0 Å². The van der Waals surface area contributed by atoms with Gasteiger partial charge in [0.05, 0.1) is 7.11 Å². The summed E-state index contributed by atoms with van der Waals surface area (Å²) in [6.45, 7) is 8.79. The van der Waals surface area contributed by atoms with Crippen molar-refractivity contribution < 1.29 is 9.84 Å². The molecule has 0 aromatic heterocycles. The van der Waals surface area contributed by atoms with E-state index in [9.17, 15) is 0 Å². The standard InChI is InChI=1S/C11H16O.C10H14O/c1-4-9(2)10-5-7-11(12-3)8-6-10;1-3-8(2)9-4-6-10(11)7-5-9/h5-9H,4H2,1-3H3;4-8,11H,3H2,1-2H3. The lowest BCUT2D eigenvalue weighted by Gasteiger charge is -2.08. The van der Waals surface area contributed by atoms with Crippen LogP contribution in [0, 0.1) is 0 Å². The number of methoxy groups -OCH3 is 1. The third-order valence-corrected chi connectivity index (χ3v) is 4.37. The van der Waals surface area contributed by atoms with Crippen LogP contribution in [-0.2, 0) is 0 Å². The number of hydrogen-bond donors (Lipinski definition) is 1. The highest BCUT2D eigenvalue weighted by atomic mass is 16.5. The Hall–Kier alpha value is -1.96. The summed E-state index contributed by atoms with van der Waals surface area (Å²) in [6, 6.07) is 15.7. The van der Waals surface area contributed by atoms with Crippen LogP contribution in [0.3, 0.4) is 0 Å². The van der Waals surface area contributed by atoms with Gasteiger partial charge < -0.3 is 9.84 Å². The Morgan fingerprint density at radius 1 is 0.783 bits per heavy atom. The van der Waals surface area contributed by atoms with Crippen LogP contribution >= 0.6 is 0 Å². The molecule has 0 aliphatic carbocycles. The first-order valence-electron chi connectivity index (χ1n) is 8.44. The minimum Gasteiger partial charge on any atom is -0.508 e. The molecule has 0 spiro atoms. The minimum atomic E-state index is 0.344. The van der Waals surface area contributed by atoms with E-state index in [4.69, 9.17) is 9.84 Å². The molecule has 0 amide bonds. The number of rotatable bonds is 5. The average Bonchev–Trinajstić information content (AvgIpc) is 2.61. The van der Waals surface area contributed by atoms with Crippen molar-refractivity contribution in [3.05, 3.63) is 59.7 Å². The smallest absolute Gasteiger partial charge is 0.118 e. The second-order valence-electron chi connectivity index (χ2n) is 5.98. The van der Waals surface area contributed by atoms with E-state index in [0.717, 1.165) is 12.2 Å². The second kappa shape index (κ2) is 9.94. The van der Waals surface area contributed by atoms with Crippen molar-refractivity contribution >= 4 is 0 Å². The average molecular weight is 314 g/mol. The van der Waals surface area contributed by atoms with Crippen LogP contribution in [0.15, 0.2) is 48.5 Å². The van der Waals surface area contributed by atoms with Crippen LogP contribution in [0.1, 0.15) is 63.5 Å². The molecule has 2 aromatic rings. The molecule has 0 aliphatic heterocycles. The molecular formula is C21H30O2. The molecule has 0 heterocycles. The summed E-state index contributed by atoms with van der Waals surface area (Å²) >= 11 is 0. The molecule has 0 saturated carbocycles. The molecule has 126 valence electrons. The molecule has 2 atom stereocenters. The predicted molar refractivity (Wildman–Crippen MR) is 98.5 cm³/mol. The molecule has 1 N–H and O–H groups in total. The van der Waals surface area contributed by atoms with Gasteiger partial charge in [0, 0.05) is 0 Å². The fourth-order valence-electron chi connectivity index (χ4n) is 2.21. The van der Waals surface area contributed by atoms with E-state index in [1.165, 1.54) is 17.5 Å². The molecule has 0 aliphatic rings. The largest absolute Gasteiger partial charge is 0.508 e. The number of ether oxygens (including phenoxy) is 1. The Kier molecular flexibility index (Phi) is 8.25. The van der Waals surface area contributed by atoms with E-state index < -0.39 is 0 Å². The van der Waals surface area contributed by atoms with Gasteiger partial charge in [-0.15, -0.1) is 0 Å². The van der Waals surface area contributed by atoms with Gasteiger partial charge >= 0.3 is 0 Å². The van der Waals surface area contributed by atoms with Crippen molar-refractivity contribution in [1.29, 1.82) is 0 Å². The van der Waals surface area contributed by atoms with E-state index in [2.05, 4.69) is 39.8 Å². The number of benzene rings is 2. The van der Waals surface area contributed by atoms with Crippen LogP contribution in [0.4, 0.5) is 0 Å². The highest BCUT2D eigenvalue weighted by Gasteiger charge is 2.02. The van der Waals surface area contributed by atoms with Crippen molar-refractivity contribution in [2.45, 2.75) is 52.4 Å². The third-order valence-electron chi connectivity index (χ3n) is 4.37. The molecule has 2 aromatic carbocycles.